The minimum atomic E-state index is 0. The van der Waals surface area contributed by atoms with E-state index in [1.807, 2.05) is 6.07 Å². The molecule has 126 valence electrons. The molecule has 1 unspecified atom stereocenters. The minimum absolute atomic E-state index is 0. The number of fused-ring (bicyclic) bond motifs is 3. The molecule has 3 nitrogen and oxygen atoms in total. The Morgan fingerprint density at radius 2 is 1.92 bits per heavy atom. The summed E-state index contributed by atoms with van der Waals surface area (Å²) in [5.41, 5.74) is 5.38. The summed E-state index contributed by atoms with van der Waals surface area (Å²) in [7, 11) is 0. The second kappa shape index (κ2) is 7.10. The molecule has 1 atom stereocenters. The molecule has 2 aromatic carbocycles. The Kier molecular flexibility index (Phi) is 4.91. The van der Waals surface area contributed by atoms with Crippen molar-refractivity contribution >= 4 is 10.9 Å². The lowest BCUT2D eigenvalue weighted by molar-refractivity contribution is 0.310. The van der Waals surface area contributed by atoms with Gasteiger partial charge in [0.25, 0.3) is 0 Å². The summed E-state index contributed by atoms with van der Waals surface area (Å²) >= 11 is 0. The number of benzene rings is 2. The highest BCUT2D eigenvalue weighted by Gasteiger charge is 2.27. The summed E-state index contributed by atoms with van der Waals surface area (Å²) < 4.78 is 6.20. The van der Waals surface area contributed by atoms with Crippen LogP contribution >= 0.6 is 0 Å². The summed E-state index contributed by atoms with van der Waals surface area (Å²) in [5, 5.41) is 1.31. The van der Waals surface area contributed by atoms with Gasteiger partial charge in [-0.15, -0.1) is 0 Å². The highest BCUT2D eigenvalue weighted by molar-refractivity contribution is 5.91. The summed E-state index contributed by atoms with van der Waals surface area (Å²) in [4.78, 5) is 3.62. The molecule has 0 aliphatic heterocycles. The van der Waals surface area contributed by atoms with Gasteiger partial charge in [-0.3, -0.25) is 0 Å². The molecule has 4 N–H and O–H groups in total. The Morgan fingerprint density at radius 3 is 2.71 bits per heavy atom. The Morgan fingerprint density at radius 1 is 1.08 bits per heavy atom. The van der Waals surface area contributed by atoms with Crippen LogP contribution in [0.25, 0.3) is 10.9 Å². The number of ether oxygens (including phenoxy) is 1. The minimum Gasteiger partial charge on any atom is -0.488 e. The van der Waals surface area contributed by atoms with Crippen LogP contribution in [0.2, 0.25) is 0 Å². The Hall–Kier alpha value is -2.26. The van der Waals surface area contributed by atoms with Crippen LogP contribution in [0, 0.1) is 0 Å². The SMILES string of the molecule is CCCC1CCc2[nH]c3cccc(OCc4ccccc4)c3c21.N. The molecular formula is C21H26N2O. The lowest BCUT2D eigenvalue weighted by Gasteiger charge is -2.13. The maximum Gasteiger partial charge on any atom is 0.129 e. The quantitative estimate of drug-likeness (QED) is 0.629. The maximum absolute atomic E-state index is 6.20. The first kappa shape index (κ1) is 16.6. The fourth-order valence-corrected chi connectivity index (χ4v) is 3.90. The van der Waals surface area contributed by atoms with Crippen molar-refractivity contribution in [1.82, 2.24) is 11.1 Å². The highest BCUT2D eigenvalue weighted by Crippen LogP contribution is 2.44. The van der Waals surface area contributed by atoms with Crippen LogP contribution in [0.4, 0.5) is 0 Å². The third kappa shape index (κ3) is 2.92. The van der Waals surface area contributed by atoms with E-state index in [1.165, 1.54) is 53.4 Å². The predicted octanol–water partition coefficient (Wildman–Crippen LogP) is 5.74. The first-order valence-corrected chi connectivity index (χ1v) is 8.67. The molecule has 0 amide bonds. The van der Waals surface area contributed by atoms with E-state index in [-0.39, 0.29) is 6.15 Å². The van der Waals surface area contributed by atoms with E-state index >= 15 is 0 Å². The van der Waals surface area contributed by atoms with Gasteiger partial charge in [-0.2, -0.15) is 0 Å². The zero-order valence-electron chi connectivity index (χ0n) is 14.3. The third-order valence-electron chi connectivity index (χ3n) is 4.93. The molecule has 0 saturated carbocycles. The van der Waals surface area contributed by atoms with Gasteiger partial charge in [-0.05, 0) is 48.4 Å². The Bertz CT molecular complexity index is 807. The standard InChI is InChI=1S/C21H23NO.H3N/c1-2-7-16-12-13-18-20(16)21-17(22-18)10-6-11-19(21)23-14-15-8-4-3-5-9-15;/h3-6,8-11,16,22H,2,7,12-14H2,1H3;1H3. The van der Waals surface area contributed by atoms with Crippen molar-refractivity contribution in [2.45, 2.75) is 45.1 Å². The number of nitrogens with one attached hydrogen (secondary N) is 1. The largest absolute Gasteiger partial charge is 0.488 e. The highest BCUT2D eigenvalue weighted by atomic mass is 16.5. The van der Waals surface area contributed by atoms with Crippen LogP contribution in [0.15, 0.2) is 48.5 Å². The normalized spacial score (nSPS) is 16.0. The number of aromatic amines is 1. The van der Waals surface area contributed by atoms with Gasteiger partial charge in [-0.1, -0.05) is 49.7 Å². The van der Waals surface area contributed by atoms with Crippen molar-refractivity contribution in [1.29, 1.82) is 0 Å². The fourth-order valence-electron chi connectivity index (χ4n) is 3.90. The van der Waals surface area contributed by atoms with Crippen LogP contribution in [0.1, 0.15) is 48.9 Å². The van der Waals surface area contributed by atoms with Gasteiger partial charge in [0.2, 0.25) is 0 Å². The zero-order chi connectivity index (χ0) is 15.6. The van der Waals surface area contributed by atoms with Crippen molar-refractivity contribution in [3.63, 3.8) is 0 Å². The van der Waals surface area contributed by atoms with E-state index < -0.39 is 0 Å². The monoisotopic (exact) mass is 322 g/mol. The van der Waals surface area contributed by atoms with Gasteiger partial charge in [0.15, 0.2) is 0 Å². The van der Waals surface area contributed by atoms with Crippen molar-refractivity contribution in [3.8, 4) is 5.75 Å². The average molecular weight is 322 g/mol. The first-order valence-electron chi connectivity index (χ1n) is 8.67. The predicted molar refractivity (Wildman–Crippen MR) is 100 cm³/mol. The number of rotatable bonds is 5. The van der Waals surface area contributed by atoms with Crippen LogP contribution in [-0.4, -0.2) is 4.98 Å². The maximum atomic E-state index is 6.20. The second-order valence-corrected chi connectivity index (χ2v) is 6.49. The molecule has 1 aliphatic carbocycles. The van der Waals surface area contributed by atoms with Gasteiger partial charge in [0.05, 0.1) is 0 Å². The fraction of sp³-hybridized carbons (Fsp3) is 0.333. The Labute approximate surface area is 143 Å². The molecule has 1 aliphatic rings. The number of aryl methyl sites for hydroxylation is 1. The molecule has 3 heteroatoms. The van der Waals surface area contributed by atoms with Gasteiger partial charge < -0.3 is 15.9 Å². The second-order valence-electron chi connectivity index (χ2n) is 6.49. The van der Waals surface area contributed by atoms with Gasteiger partial charge in [0.1, 0.15) is 12.4 Å². The number of H-pyrrole nitrogens is 1. The smallest absolute Gasteiger partial charge is 0.129 e. The molecule has 0 bridgehead atoms. The van der Waals surface area contributed by atoms with Crippen LogP contribution < -0.4 is 10.9 Å². The molecular weight excluding hydrogens is 296 g/mol. The van der Waals surface area contributed by atoms with Crippen molar-refractivity contribution in [3.05, 3.63) is 65.4 Å². The van der Waals surface area contributed by atoms with E-state index in [4.69, 9.17) is 4.74 Å². The van der Waals surface area contributed by atoms with Crippen molar-refractivity contribution < 1.29 is 4.74 Å². The number of hydrogen-bond donors (Lipinski definition) is 2. The molecule has 1 aromatic heterocycles. The first-order chi connectivity index (χ1) is 11.4. The topological polar surface area (TPSA) is 60.0 Å². The molecule has 24 heavy (non-hydrogen) atoms. The summed E-state index contributed by atoms with van der Waals surface area (Å²) in [6.45, 7) is 2.90. The van der Waals surface area contributed by atoms with E-state index in [0.717, 1.165) is 5.75 Å². The molecule has 1 heterocycles. The third-order valence-corrected chi connectivity index (χ3v) is 4.93. The van der Waals surface area contributed by atoms with Crippen molar-refractivity contribution in [2.75, 3.05) is 0 Å². The van der Waals surface area contributed by atoms with Crippen molar-refractivity contribution in [2.24, 2.45) is 0 Å². The molecule has 0 spiro atoms. The number of hydrogen-bond acceptors (Lipinski definition) is 2. The van der Waals surface area contributed by atoms with Gasteiger partial charge in [0, 0.05) is 16.6 Å². The lowest BCUT2D eigenvalue weighted by atomic mass is 9.95. The van der Waals surface area contributed by atoms with Gasteiger partial charge >= 0.3 is 0 Å². The Balaban J connectivity index is 0.00000169. The molecule has 4 rings (SSSR count). The molecule has 0 radical (unpaired) electrons. The summed E-state index contributed by atoms with van der Waals surface area (Å²) in [6, 6.07) is 16.8. The summed E-state index contributed by atoms with van der Waals surface area (Å²) in [5.74, 6) is 1.71. The van der Waals surface area contributed by atoms with Crippen LogP contribution in [-0.2, 0) is 13.0 Å². The van der Waals surface area contributed by atoms with Crippen LogP contribution in [0.5, 0.6) is 5.75 Å². The average Bonchev–Trinajstić information content (AvgIpc) is 3.14. The van der Waals surface area contributed by atoms with E-state index in [9.17, 15) is 0 Å². The number of aromatic nitrogens is 1. The van der Waals surface area contributed by atoms with Gasteiger partial charge in [-0.25, -0.2) is 0 Å². The van der Waals surface area contributed by atoms with E-state index in [2.05, 4.69) is 54.4 Å². The zero-order valence-corrected chi connectivity index (χ0v) is 14.3. The van der Waals surface area contributed by atoms with Crippen LogP contribution in [0.3, 0.4) is 0 Å². The molecule has 0 saturated heterocycles. The summed E-state index contributed by atoms with van der Waals surface area (Å²) in [6.07, 6.45) is 4.96. The van der Waals surface area contributed by atoms with E-state index in [1.54, 1.807) is 0 Å². The molecule has 3 aromatic rings. The molecule has 0 fully saturated rings. The van der Waals surface area contributed by atoms with E-state index in [0.29, 0.717) is 12.5 Å². The lowest BCUT2D eigenvalue weighted by Crippen LogP contribution is -1.97.